The maximum Gasteiger partial charge on any atom is 0.222 e. The summed E-state index contributed by atoms with van der Waals surface area (Å²) in [6.45, 7) is 3.35. The summed E-state index contributed by atoms with van der Waals surface area (Å²) in [7, 11) is 0. The second kappa shape index (κ2) is 8.30. The smallest absolute Gasteiger partial charge is 0.222 e. The van der Waals surface area contributed by atoms with E-state index in [0.29, 0.717) is 24.7 Å². The first-order chi connectivity index (χ1) is 12.1. The molecule has 1 fully saturated rings. The predicted molar refractivity (Wildman–Crippen MR) is 95.9 cm³/mol. The summed E-state index contributed by atoms with van der Waals surface area (Å²) in [5, 5.41) is 9.63. The Bertz CT molecular complexity index is 673. The number of aryl methyl sites for hydroxylation is 1. The van der Waals surface area contributed by atoms with E-state index in [0.717, 1.165) is 43.7 Å². The topological polar surface area (TPSA) is 66.6 Å². The van der Waals surface area contributed by atoms with Crippen molar-refractivity contribution in [3.8, 4) is 11.3 Å². The number of benzene rings is 1. The van der Waals surface area contributed by atoms with E-state index in [1.165, 1.54) is 0 Å². The molecule has 134 valence electrons. The molecule has 3 rings (SSSR count). The van der Waals surface area contributed by atoms with Crippen LogP contribution in [0.5, 0.6) is 0 Å². The summed E-state index contributed by atoms with van der Waals surface area (Å²) in [5.41, 5.74) is 1.01. The normalized spacial score (nSPS) is 16.8. The first-order valence-corrected chi connectivity index (χ1v) is 9.09. The van der Waals surface area contributed by atoms with Gasteiger partial charge in [0.1, 0.15) is 0 Å². The molecular formula is C20H26N2O3. The Morgan fingerprint density at radius 2 is 2.04 bits per heavy atom. The van der Waals surface area contributed by atoms with Gasteiger partial charge in [-0.25, -0.2) is 4.98 Å². The van der Waals surface area contributed by atoms with Crippen LogP contribution in [0.25, 0.3) is 11.3 Å². The van der Waals surface area contributed by atoms with Crippen molar-refractivity contribution in [2.24, 2.45) is 5.92 Å². The minimum atomic E-state index is -0.277. The van der Waals surface area contributed by atoms with Gasteiger partial charge in [-0.1, -0.05) is 30.3 Å². The molecule has 0 saturated carbocycles. The number of rotatable bonds is 6. The molecule has 25 heavy (non-hydrogen) atoms. The SMILES string of the molecule is CC(O)C1CCN(C(=O)CCCc2ncc(-c3ccccc3)o2)CC1. The van der Waals surface area contributed by atoms with E-state index >= 15 is 0 Å². The van der Waals surface area contributed by atoms with Gasteiger partial charge in [0.2, 0.25) is 5.91 Å². The second-order valence-corrected chi connectivity index (χ2v) is 6.80. The minimum absolute atomic E-state index is 0.193. The highest BCUT2D eigenvalue weighted by Crippen LogP contribution is 2.22. The van der Waals surface area contributed by atoms with Crippen molar-refractivity contribution in [3.05, 3.63) is 42.4 Å². The molecule has 0 bridgehead atoms. The second-order valence-electron chi connectivity index (χ2n) is 6.80. The lowest BCUT2D eigenvalue weighted by Crippen LogP contribution is -2.40. The molecule has 0 aliphatic carbocycles. The first-order valence-electron chi connectivity index (χ1n) is 9.09. The Morgan fingerprint density at radius 1 is 1.32 bits per heavy atom. The fourth-order valence-corrected chi connectivity index (χ4v) is 3.34. The van der Waals surface area contributed by atoms with Gasteiger partial charge < -0.3 is 14.4 Å². The Balaban J connectivity index is 1.43. The number of hydrogen-bond donors (Lipinski definition) is 1. The van der Waals surface area contributed by atoms with Gasteiger partial charge in [-0.05, 0) is 32.1 Å². The van der Waals surface area contributed by atoms with Gasteiger partial charge in [0.05, 0.1) is 12.3 Å². The molecule has 1 aromatic carbocycles. The maximum atomic E-state index is 12.3. The molecule has 1 amide bonds. The van der Waals surface area contributed by atoms with Gasteiger partial charge in [0.15, 0.2) is 11.7 Å². The molecule has 1 saturated heterocycles. The number of aromatic nitrogens is 1. The summed E-state index contributed by atoms with van der Waals surface area (Å²) in [5.74, 6) is 1.97. The molecule has 2 heterocycles. The van der Waals surface area contributed by atoms with Gasteiger partial charge in [0.25, 0.3) is 0 Å². The number of carbonyl (C=O) groups is 1. The standard InChI is InChI=1S/C20H26N2O3/c1-15(23)16-10-12-22(13-11-16)20(24)9-5-8-19-21-14-18(25-19)17-6-3-2-4-7-17/h2-4,6-7,14-16,23H,5,8-13H2,1H3. The van der Waals surface area contributed by atoms with Crippen molar-refractivity contribution >= 4 is 5.91 Å². The van der Waals surface area contributed by atoms with Crippen LogP contribution < -0.4 is 0 Å². The summed E-state index contributed by atoms with van der Waals surface area (Å²) in [4.78, 5) is 18.5. The monoisotopic (exact) mass is 342 g/mol. The van der Waals surface area contributed by atoms with Crippen LogP contribution in [-0.2, 0) is 11.2 Å². The van der Waals surface area contributed by atoms with Crippen LogP contribution in [0.4, 0.5) is 0 Å². The van der Waals surface area contributed by atoms with E-state index in [4.69, 9.17) is 4.42 Å². The highest BCUT2D eigenvalue weighted by Gasteiger charge is 2.25. The van der Waals surface area contributed by atoms with Gasteiger partial charge >= 0.3 is 0 Å². The third-order valence-corrected chi connectivity index (χ3v) is 4.97. The molecule has 1 atom stereocenters. The van der Waals surface area contributed by atoms with E-state index in [-0.39, 0.29) is 12.0 Å². The number of likely N-dealkylation sites (tertiary alicyclic amines) is 1. The van der Waals surface area contributed by atoms with Crippen LogP contribution in [0.1, 0.15) is 38.5 Å². The van der Waals surface area contributed by atoms with Crippen LogP contribution in [0.2, 0.25) is 0 Å². The zero-order valence-corrected chi connectivity index (χ0v) is 14.7. The van der Waals surface area contributed by atoms with Crippen molar-refractivity contribution in [2.45, 2.75) is 45.1 Å². The fourth-order valence-electron chi connectivity index (χ4n) is 3.34. The van der Waals surface area contributed by atoms with Crippen molar-refractivity contribution in [3.63, 3.8) is 0 Å². The van der Waals surface area contributed by atoms with Crippen molar-refractivity contribution in [1.29, 1.82) is 0 Å². The van der Waals surface area contributed by atoms with Gasteiger partial charge in [-0.2, -0.15) is 0 Å². The maximum absolute atomic E-state index is 12.3. The summed E-state index contributed by atoms with van der Waals surface area (Å²) < 4.78 is 5.77. The number of hydrogen-bond acceptors (Lipinski definition) is 4. The number of carbonyl (C=O) groups excluding carboxylic acids is 1. The highest BCUT2D eigenvalue weighted by molar-refractivity contribution is 5.76. The Hall–Kier alpha value is -2.14. The fraction of sp³-hybridized carbons (Fsp3) is 0.500. The van der Waals surface area contributed by atoms with Crippen LogP contribution in [0, 0.1) is 5.92 Å². The molecular weight excluding hydrogens is 316 g/mol. The van der Waals surface area contributed by atoms with Crippen LogP contribution in [0.15, 0.2) is 40.9 Å². The van der Waals surface area contributed by atoms with E-state index in [1.54, 1.807) is 6.20 Å². The molecule has 0 radical (unpaired) electrons. The summed E-state index contributed by atoms with van der Waals surface area (Å²) in [6.07, 6.45) is 5.18. The zero-order chi connectivity index (χ0) is 17.6. The lowest BCUT2D eigenvalue weighted by Gasteiger charge is -2.33. The van der Waals surface area contributed by atoms with Crippen molar-refractivity contribution in [2.75, 3.05) is 13.1 Å². The third kappa shape index (κ3) is 4.69. The number of nitrogens with zero attached hydrogens (tertiary/aromatic N) is 2. The Morgan fingerprint density at radius 3 is 2.72 bits per heavy atom. The molecule has 1 unspecified atom stereocenters. The number of piperidine rings is 1. The molecule has 1 N–H and O–H groups in total. The highest BCUT2D eigenvalue weighted by atomic mass is 16.4. The van der Waals surface area contributed by atoms with E-state index in [2.05, 4.69) is 4.98 Å². The third-order valence-electron chi connectivity index (χ3n) is 4.97. The molecule has 2 aromatic rings. The molecule has 1 aliphatic heterocycles. The molecule has 5 nitrogen and oxygen atoms in total. The first kappa shape index (κ1) is 17.7. The van der Waals surface area contributed by atoms with Gasteiger partial charge in [-0.15, -0.1) is 0 Å². The average molecular weight is 342 g/mol. The molecule has 5 heteroatoms. The van der Waals surface area contributed by atoms with Crippen molar-refractivity contribution in [1.82, 2.24) is 9.88 Å². The lowest BCUT2D eigenvalue weighted by molar-refractivity contribution is -0.133. The number of amides is 1. The van der Waals surface area contributed by atoms with Crippen LogP contribution in [-0.4, -0.2) is 40.1 Å². The van der Waals surface area contributed by atoms with Gasteiger partial charge in [0, 0.05) is 31.5 Å². The molecule has 1 aromatic heterocycles. The average Bonchev–Trinajstić information content (AvgIpc) is 3.11. The Labute approximate surface area is 148 Å². The van der Waals surface area contributed by atoms with E-state index in [1.807, 2.05) is 42.2 Å². The van der Waals surface area contributed by atoms with Crippen LogP contribution in [0.3, 0.4) is 0 Å². The zero-order valence-electron chi connectivity index (χ0n) is 14.7. The quantitative estimate of drug-likeness (QED) is 0.875. The Kier molecular flexibility index (Phi) is 5.87. The predicted octanol–water partition coefficient (Wildman–Crippen LogP) is 3.28. The van der Waals surface area contributed by atoms with E-state index < -0.39 is 0 Å². The summed E-state index contributed by atoms with van der Waals surface area (Å²) in [6, 6.07) is 9.89. The van der Waals surface area contributed by atoms with E-state index in [9.17, 15) is 9.90 Å². The number of aliphatic hydroxyl groups is 1. The van der Waals surface area contributed by atoms with Crippen molar-refractivity contribution < 1.29 is 14.3 Å². The number of oxazole rings is 1. The summed E-state index contributed by atoms with van der Waals surface area (Å²) >= 11 is 0. The lowest BCUT2D eigenvalue weighted by atomic mass is 9.92. The molecule has 0 spiro atoms. The van der Waals surface area contributed by atoms with Crippen LogP contribution >= 0.6 is 0 Å². The minimum Gasteiger partial charge on any atom is -0.441 e. The largest absolute Gasteiger partial charge is 0.441 e. The number of aliphatic hydroxyl groups excluding tert-OH is 1. The molecule has 1 aliphatic rings. The van der Waals surface area contributed by atoms with Gasteiger partial charge in [-0.3, -0.25) is 4.79 Å².